The molecular formula is C28H30Cl2N2O3S. The topological polar surface area (TPSA) is 67.4 Å². The van der Waals surface area contributed by atoms with Crippen molar-refractivity contribution in [1.82, 2.24) is 0 Å². The van der Waals surface area contributed by atoms with Gasteiger partial charge in [0, 0.05) is 15.6 Å². The zero-order chi connectivity index (χ0) is 26.0. The van der Waals surface area contributed by atoms with Crippen molar-refractivity contribution in [2.75, 3.05) is 17.2 Å². The molecule has 0 spiro atoms. The summed E-state index contributed by atoms with van der Waals surface area (Å²) in [5, 5.41) is 7.29. The summed E-state index contributed by atoms with van der Waals surface area (Å²) in [6.07, 6.45) is 2.70. The number of nitrogens with one attached hydrogen (secondary N) is 2. The molecule has 0 radical (unpaired) electrons. The largest absolute Gasteiger partial charge is 0.482 e. The van der Waals surface area contributed by atoms with E-state index in [-0.39, 0.29) is 23.8 Å². The first-order valence-corrected chi connectivity index (χ1v) is 13.5. The molecule has 0 unspecified atom stereocenters. The number of thiophene rings is 1. The van der Waals surface area contributed by atoms with Gasteiger partial charge in [0.25, 0.3) is 11.8 Å². The molecule has 2 amide bonds. The first kappa shape index (κ1) is 26.5. The number of ether oxygens (including phenoxy) is 1. The summed E-state index contributed by atoms with van der Waals surface area (Å²) < 4.78 is 5.60. The monoisotopic (exact) mass is 544 g/mol. The van der Waals surface area contributed by atoms with Gasteiger partial charge in [-0.15, -0.1) is 11.3 Å². The SMILES string of the molecule is Cc1ccc(NC(=O)c2c(NC(=O)COc3ccc(Cl)cc3Cl)sc3c2CC[C@@H](C(C)(C)C)C3)cc1. The van der Waals surface area contributed by atoms with E-state index in [4.69, 9.17) is 27.9 Å². The normalized spacial score (nSPS) is 15.2. The van der Waals surface area contributed by atoms with Crippen LogP contribution in [0.3, 0.4) is 0 Å². The Kier molecular flexibility index (Phi) is 7.98. The zero-order valence-corrected chi connectivity index (χ0v) is 23.2. The lowest BCUT2D eigenvalue weighted by Crippen LogP contribution is -2.27. The molecule has 0 saturated heterocycles. The van der Waals surface area contributed by atoms with E-state index in [2.05, 4.69) is 31.4 Å². The van der Waals surface area contributed by atoms with Crippen LogP contribution in [0, 0.1) is 18.3 Å². The highest BCUT2D eigenvalue weighted by atomic mass is 35.5. The summed E-state index contributed by atoms with van der Waals surface area (Å²) in [5.74, 6) is 0.293. The van der Waals surface area contributed by atoms with Crippen LogP contribution in [0.4, 0.5) is 10.7 Å². The van der Waals surface area contributed by atoms with Crippen molar-refractivity contribution in [2.45, 2.75) is 47.0 Å². The van der Waals surface area contributed by atoms with Gasteiger partial charge in [0.1, 0.15) is 10.8 Å². The Morgan fingerprint density at radius 3 is 2.47 bits per heavy atom. The smallest absolute Gasteiger partial charge is 0.262 e. The van der Waals surface area contributed by atoms with E-state index in [0.29, 0.717) is 38.0 Å². The molecule has 0 saturated carbocycles. The van der Waals surface area contributed by atoms with Gasteiger partial charge >= 0.3 is 0 Å². The van der Waals surface area contributed by atoms with Crippen LogP contribution < -0.4 is 15.4 Å². The summed E-state index contributed by atoms with van der Waals surface area (Å²) in [7, 11) is 0. The fourth-order valence-electron chi connectivity index (χ4n) is 4.38. The van der Waals surface area contributed by atoms with Crippen LogP contribution in [0.2, 0.25) is 10.0 Å². The third kappa shape index (κ3) is 6.23. The molecule has 1 aromatic heterocycles. The Balaban J connectivity index is 1.57. The number of fused-ring (bicyclic) bond motifs is 1. The minimum Gasteiger partial charge on any atom is -0.482 e. The molecule has 0 aliphatic heterocycles. The second kappa shape index (κ2) is 10.8. The number of carbonyl (C=O) groups excluding carboxylic acids is 2. The molecular weight excluding hydrogens is 515 g/mol. The molecule has 1 aliphatic carbocycles. The lowest BCUT2D eigenvalue weighted by molar-refractivity contribution is -0.118. The summed E-state index contributed by atoms with van der Waals surface area (Å²) >= 11 is 13.6. The molecule has 2 aromatic carbocycles. The van der Waals surface area contributed by atoms with Crippen molar-refractivity contribution in [3.63, 3.8) is 0 Å². The van der Waals surface area contributed by atoms with Crippen molar-refractivity contribution < 1.29 is 14.3 Å². The van der Waals surface area contributed by atoms with Gasteiger partial charge in [-0.25, -0.2) is 0 Å². The molecule has 0 bridgehead atoms. The minimum atomic E-state index is -0.364. The van der Waals surface area contributed by atoms with Crippen LogP contribution in [0.5, 0.6) is 5.75 Å². The number of carbonyl (C=O) groups is 2. The van der Waals surface area contributed by atoms with Crippen molar-refractivity contribution in [3.8, 4) is 5.75 Å². The molecule has 1 atom stereocenters. The predicted molar refractivity (Wildman–Crippen MR) is 149 cm³/mol. The summed E-state index contributed by atoms with van der Waals surface area (Å²) in [6, 6.07) is 12.5. The second-order valence-corrected chi connectivity index (χ2v) is 12.2. The van der Waals surface area contributed by atoms with Gasteiger partial charge in [0.2, 0.25) is 0 Å². The molecule has 3 aromatic rings. The maximum Gasteiger partial charge on any atom is 0.262 e. The number of aryl methyl sites for hydroxylation is 1. The number of amides is 2. The van der Waals surface area contributed by atoms with Crippen molar-refractivity contribution in [2.24, 2.45) is 11.3 Å². The molecule has 36 heavy (non-hydrogen) atoms. The fraction of sp³-hybridized carbons (Fsp3) is 0.357. The third-order valence-electron chi connectivity index (χ3n) is 6.53. The standard InChI is InChI=1S/C28H30Cl2N2O3S/c1-16-5-9-19(10-6-16)31-26(34)25-20-11-7-17(28(2,3)4)13-23(20)36-27(25)32-24(33)15-35-22-12-8-18(29)14-21(22)30/h5-6,8-10,12,14,17H,7,11,13,15H2,1-4H3,(H,31,34)(H,32,33)/t17-/m1/s1. The maximum atomic E-state index is 13.5. The number of halogens is 2. The van der Waals surface area contributed by atoms with Crippen LogP contribution >= 0.6 is 34.5 Å². The molecule has 2 N–H and O–H groups in total. The number of benzene rings is 2. The summed E-state index contributed by atoms with van der Waals surface area (Å²) in [4.78, 5) is 27.5. The van der Waals surface area contributed by atoms with E-state index in [1.165, 1.54) is 11.3 Å². The molecule has 8 heteroatoms. The number of hydrogen-bond donors (Lipinski definition) is 2. The van der Waals surface area contributed by atoms with Gasteiger partial charge in [0.05, 0.1) is 10.6 Å². The maximum absolute atomic E-state index is 13.5. The van der Waals surface area contributed by atoms with Crippen LogP contribution in [0.1, 0.15) is 53.6 Å². The number of hydrogen-bond acceptors (Lipinski definition) is 4. The fourth-order valence-corrected chi connectivity index (χ4v) is 6.19. The van der Waals surface area contributed by atoms with Crippen molar-refractivity contribution in [3.05, 3.63) is 74.1 Å². The molecule has 5 nitrogen and oxygen atoms in total. The van der Waals surface area contributed by atoms with E-state index >= 15 is 0 Å². The van der Waals surface area contributed by atoms with E-state index in [0.717, 1.165) is 35.3 Å². The Morgan fingerprint density at radius 2 is 1.81 bits per heavy atom. The summed E-state index contributed by atoms with van der Waals surface area (Å²) in [6.45, 7) is 8.52. The van der Waals surface area contributed by atoms with Crippen LogP contribution in [-0.2, 0) is 17.6 Å². The van der Waals surface area contributed by atoms with Crippen LogP contribution in [0.15, 0.2) is 42.5 Å². The molecule has 190 valence electrons. The Hall–Kier alpha value is -2.54. The van der Waals surface area contributed by atoms with Gasteiger partial charge in [0.15, 0.2) is 6.61 Å². The highest BCUT2D eigenvalue weighted by Gasteiger charge is 2.34. The quantitative estimate of drug-likeness (QED) is 0.332. The number of anilines is 2. The first-order valence-electron chi connectivity index (χ1n) is 11.9. The van der Waals surface area contributed by atoms with Crippen molar-refractivity contribution >= 4 is 57.0 Å². The Bertz CT molecular complexity index is 1280. The predicted octanol–water partition coefficient (Wildman–Crippen LogP) is 7.78. The molecule has 4 rings (SSSR count). The third-order valence-corrected chi connectivity index (χ3v) is 8.23. The minimum absolute atomic E-state index is 0.168. The van der Waals surface area contributed by atoms with Crippen LogP contribution in [0.25, 0.3) is 0 Å². The summed E-state index contributed by atoms with van der Waals surface area (Å²) in [5.41, 5.74) is 3.57. The highest BCUT2D eigenvalue weighted by molar-refractivity contribution is 7.17. The number of rotatable bonds is 6. The molecule has 0 fully saturated rings. The van der Waals surface area contributed by atoms with E-state index in [1.807, 2.05) is 31.2 Å². The van der Waals surface area contributed by atoms with Crippen molar-refractivity contribution in [1.29, 1.82) is 0 Å². The van der Waals surface area contributed by atoms with E-state index in [1.54, 1.807) is 18.2 Å². The highest BCUT2D eigenvalue weighted by Crippen LogP contribution is 2.44. The van der Waals surface area contributed by atoms with E-state index in [9.17, 15) is 9.59 Å². The Labute approximate surface area is 226 Å². The average molecular weight is 546 g/mol. The molecule has 1 heterocycles. The van der Waals surface area contributed by atoms with Gasteiger partial charge in [-0.1, -0.05) is 61.7 Å². The van der Waals surface area contributed by atoms with Gasteiger partial charge in [-0.05, 0) is 73.4 Å². The van der Waals surface area contributed by atoms with Gasteiger partial charge in [-0.3, -0.25) is 9.59 Å². The van der Waals surface area contributed by atoms with E-state index < -0.39 is 0 Å². The average Bonchev–Trinajstić information content (AvgIpc) is 3.16. The zero-order valence-electron chi connectivity index (χ0n) is 20.8. The second-order valence-electron chi connectivity index (χ2n) is 10.2. The van der Waals surface area contributed by atoms with Crippen LogP contribution in [-0.4, -0.2) is 18.4 Å². The lowest BCUT2D eigenvalue weighted by atomic mass is 9.72. The van der Waals surface area contributed by atoms with Gasteiger partial charge in [-0.2, -0.15) is 0 Å². The molecule has 1 aliphatic rings. The first-order chi connectivity index (χ1) is 17.0. The van der Waals surface area contributed by atoms with Gasteiger partial charge < -0.3 is 15.4 Å². The Morgan fingerprint density at radius 1 is 1.08 bits per heavy atom. The lowest BCUT2D eigenvalue weighted by Gasteiger charge is -2.33.